The number of H-pyrrole nitrogens is 1. The van der Waals surface area contributed by atoms with Gasteiger partial charge in [-0.15, -0.1) is 0 Å². The average molecular weight is 375 g/mol. The van der Waals surface area contributed by atoms with Crippen molar-refractivity contribution in [3.8, 4) is 28.4 Å². The Bertz CT molecular complexity index is 1100. The first-order valence-corrected chi connectivity index (χ1v) is 8.58. The van der Waals surface area contributed by atoms with Crippen molar-refractivity contribution in [1.29, 1.82) is 0 Å². The monoisotopic (exact) mass is 375 g/mol. The van der Waals surface area contributed by atoms with E-state index >= 15 is 0 Å². The standard InChI is InChI=1S/C20H17N5O3/c1-25(12-13-10-17(24-28-13)15-7-4-5-9-21-15)20(27)18-11-16(22-23-18)14-6-2-3-8-19(14)26/h2-11,26H,12H2,1H3,(H,22,23). The predicted octanol–water partition coefficient (Wildman–Crippen LogP) is 3.10. The topological polar surface area (TPSA) is 108 Å². The Balaban J connectivity index is 1.47. The third kappa shape index (κ3) is 3.48. The second-order valence-electron chi connectivity index (χ2n) is 6.24. The van der Waals surface area contributed by atoms with Crippen LogP contribution in [0.4, 0.5) is 0 Å². The first-order valence-electron chi connectivity index (χ1n) is 8.58. The number of phenols is 1. The van der Waals surface area contributed by atoms with Gasteiger partial charge in [-0.3, -0.25) is 14.9 Å². The van der Waals surface area contributed by atoms with E-state index in [-0.39, 0.29) is 18.2 Å². The van der Waals surface area contributed by atoms with Gasteiger partial charge >= 0.3 is 0 Å². The molecule has 140 valence electrons. The molecule has 0 unspecified atom stereocenters. The molecule has 0 saturated carbocycles. The quantitative estimate of drug-likeness (QED) is 0.555. The Kier molecular flexibility index (Phi) is 4.59. The molecule has 3 aromatic heterocycles. The summed E-state index contributed by atoms with van der Waals surface area (Å²) < 4.78 is 5.32. The molecule has 4 rings (SSSR count). The number of aromatic hydroxyl groups is 1. The van der Waals surface area contributed by atoms with Crippen molar-refractivity contribution in [2.75, 3.05) is 7.05 Å². The number of carbonyl (C=O) groups excluding carboxylic acids is 1. The number of amides is 1. The number of pyridine rings is 1. The number of carbonyl (C=O) groups is 1. The van der Waals surface area contributed by atoms with Crippen molar-refractivity contribution in [2.24, 2.45) is 0 Å². The van der Waals surface area contributed by atoms with E-state index in [4.69, 9.17) is 4.52 Å². The smallest absolute Gasteiger partial charge is 0.272 e. The van der Waals surface area contributed by atoms with Gasteiger partial charge < -0.3 is 14.5 Å². The predicted molar refractivity (Wildman–Crippen MR) is 101 cm³/mol. The van der Waals surface area contributed by atoms with Gasteiger partial charge in [0.2, 0.25) is 0 Å². The number of aromatic amines is 1. The van der Waals surface area contributed by atoms with Crippen molar-refractivity contribution >= 4 is 5.91 Å². The Morgan fingerprint density at radius 3 is 2.71 bits per heavy atom. The Morgan fingerprint density at radius 1 is 1.11 bits per heavy atom. The fourth-order valence-electron chi connectivity index (χ4n) is 2.79. The fourth-order valence-corrected chi connectivity index (χ4v) is 2.79. The molecule has 8 nitrogen and oxygen atoms in total. The molecule has 0 bridgehead atoms. The van der Waals surface area contributed by atoms with Crippen LogP contribution in [0.2, 0.25) is 0 Å². The third-order valence-corrected chi connectivity index (χ3v) is 4.21. The van der Waals surface area contributed by atoms with Crippen LogP contribution >= 0.6 is 0 Å². The van der Waals surface area contributed by atoms with Crippen molar-refractivity contribution in [3.05, 3.63) is 72.2 Å². The van der Waals surface area contributed by atoms with Crippen molar-refractivity contribution in [1.82, 2.24) is 25.2 Å². The van der Waals surface area contributed by atoms with Crippen molar-refractivity contribution < 1.29 is 14.4 Å². The number of aromatic nitrogens is 4. The highest BCUT2D eigenvalue weighted by Gasteiger charge is 2.18. The van der Waals surface area contributed by atoms with Crippen LogP contribution in [0.3, 0.4) is 0 Å². The number of phenolic OH excluding ortho intramolecular Hbond substituents is 1. The average Bonchev–Trinajstić information content (AvgIpc) is 3.38. The first-order chi connectivity index (χ1) is 13.6. The molecule has 0 atom stereocenters. The molecule has 28 heavy (non-hydrogen) atoms. The van der Waals surface area contributed by atoms with E-state index in [0.29, 0.717) is 34.1 Å². The molecule has 8 heteroatoms. The summed E-state index contributed by atoms with van der Waals surface area (Å²) in [6.45, 7) is 0.240. The summed E-state index contributed by atoms with van der Waals surface area (Å²) in [5.41, 5.74) is 2.67. The second-order valence-corrected chi connectivity index (χ2v) is 6.24. The van der Waals surface area contributed by atoms with E-state index in [1.54, 1.807) is 49.6 Å². The molecule has 0 aliphatic heterocycles. The molecule has 0 spiro atoms. The summed E-state index contributed by atoms with van der Waals surface area (Å²) in [5, 5.41) is 20.8. The van der Waals surface area contributed by atoms with Crippen LogP contribution in [0.25, 0.3) is 22.6 Å². The van der Waals surface area contributed by atoms with E-state index < -0.39 is 0 Å². The number of rotatable bonds is 5. The van der Waals surface area contributed by atoms with Gasteiger partial charge in [0.1, 0.15) is 17.1 Å². The highest BCUT2D eigenvalue weighted by atomic mass is 16.5. The molecule has 0 radical (unpaired) electrons. The van der Waals surface area contributed by atoms with Crippen LogP contribution < -0.4 is 0 Å². The van der Waals surface area contributed by atoms with E-state index in [0.717, 1.165) is 0 Å². The zero-order chi connectivity index (χ0) is 19.5. The molecule has 0 saturated heterocycles. The van der Waals surface area contributed by atoms with E-state index in [1.165, 1.54) is 4.90 Å². The van der Waals surface area contributed by atoms with Gasteiger partial charge in [0.25, 0.3) is 5.91 Å². The summed E-state index contributed by atoms with van der Waals surface area (Å²) in [6.07, 6.45) is 1.68. The van der Waals surface area contributed by atoms with Crippen LogP contribution in [0.15, 0.2) is 65.3 Å². The Morgan fingerprint density at radius 2 is 1.93 bits per heavy atom. The van der Waals surface area contributed by atoms with E-state index in [2.05, 4.69) is 20.3 Å². The van der Waals surface area contributed by atoms with Gasteiger partial charge in [0, 0.05) is 24.9 Å². The largest absolute Gasteiger partial charge is 0.507 e. The lowest BCUT2D eigenvalue weighted by molar-refractivity contribution is 0.0766. The van der Waals surface area contributed by atoms with Crippen LogP contribution in [-0.4, -0.2) is 43.3 Å². The van der Waals surface area contributed by atoms with Crippen molar-refractivity contribution in [2.45, 2.75) is 6.54 Å². The zero-order valence-electron chi connectivity index (χ0n) is 15.0. The third-order valence-electron chi connectivity index (χ3n) is 4.21. The minimum atomic E-state index is -0.259. The zero-order valence-corrected chi connectivity index (χ0v) is 15.0. The fraction of sp³-hybridized carbons (Fsp3) is 0.100. The maximum Gasteiger partial charge on any atom is 0.272 e. The number of para-hydroxylation sites is 1. The molecule has 1 amide bonds. The first kappa shape index (κ1) is 17.5. The van der Waals surface area contributed by atoms with Crippen LogP contribution in [0.1, 0.15) is 16.2 Å². The Hall–Kier alpha value is -3.94. The number of hydrogen-bond acceptors (Lipinski definition) is 6. The van der Waals surface area contributed by atoms with E-state index in [9.17, 15) is 9.90 Å². The molecule has 0 aliphatic rings. The van der Waals surface area contributed by atoms with Gasteiger partial charge in [0.05, 0.1) is 17.9 Å². The summed E-state index contributed by atoms with van der Waals surface area (Å²) in [4.78, 5) is 18.4. The van der Waals surface area contributed by atoms with Crippen LogP contribution in [0, 0.1) is 0 Å². The summed E-state index contributed by atoms with van der Waals surface area (Å²) in [5.74, 6) is 0.381. The maximum atomic E-state index is 12.7. The van der Waals surface area contributed by atoms with Gasteiger partial charge in [-0.05, 0) is 30.3 Å². The molecular weight excluding hydrogens is 358 g/mol. The maximum absolute atomic E-state index is 12.7. The molecule has 2 N–H and O–H groups in total. The number of benzene rings is 1. The Labute approximate surface area is 160 Å². The number of nitrogens with one attached hydrogen (secondary N) is 1. The van der Waals surface area contributed by atoms with E-state index in [1.807, 2.05) is 18.2 Å². The van der Waals surface area contributed by atoms with Gasteiger partial charge in [-0.2, -0.15) is 5.10 Å². The van der Waals surface area contributed by atoms with Crippen LogP contribution in [-0.2, 0) is 6.54 Å². The van der Waals surface area contributed by atoms with Gasteiger partial charge in [-0.1, -0.05) is 23.4 Å². The van der Waals surface area contributed by atoms with Crippen molar-refractivity contribution in [3.63, 3.8) is 0 Å². The number of hydrogen-bond donors (Lipinski definition) is 2. The highest BCUT2D eigenvalue weighted by molar-refractivity contribution is 5.93. The molecule has 0 aliphatic carbocycles. The van der Waals surface area contributed by atoms with Crippen LogP contribution in [0.5, 0.6) is 5.75 Å². The summed E-state index contributed by atoms with van der Waals surface area (Å²) in [7, 11) is 1.66. The lowest BCUT2D eigenvalue weighted by Gasteiger charge is -2.13. The molecular formula is C20H17N5O3. The minimum Gasteiger partial charge on any atom is -0.507 e. The molecule has 1 aromatic carbocycles. The lowest BCUT2D eigenvalue weighted by Crippen LogP contribution is -2.26. The summed E-state index contributed by atoms with van der Waals surface area (Å²) in [6, 6.07) is 15.7. The summed E-state index contributed by atoms with van der Waals surface area (Å²) >= 11 is 0. The number of nitrogens with zero attached hydrogens (tertiary/aromatic N) is 4. The molecule has 3 heterocycles. The molecule has 0 fully saturated rings. The van der Waals surface area contributed by atoms with Gasteiger partial charge in [0.15, 0.2) is 5.76 Å². The molecule has 4 aromatic rings. The minimum absolute atomic E-state index is 0.102. The lowest BCUT2D eigenvalue weighted by atomic mass is 10.1. The normalized spacial score (nSPS) is 10.8. The second kappa shape index (κ2) is 7.36. The van der Waals surface area contributed by atoms with Gasteiger partial charge in [-0.25, -0.2) is 0 Å². The highest BCUT2D eigenvalue weighted by Crippen LogP contribution is 2.27. The SMILES string of the molecule is CN(Cc1cc(-c2ccccn2)no1)C(=O)c1cc(-c2ccccc2O)n[nH]1.